The van der Waals surface area contributed by atoms with E-state index in [1.165, 1.54) is 16.2 Å². The number of thiophene rings is 1. The van der Waals surface area contributed by atoms with Crippen LogP contribution >= 0.6 is 11.3 Å². The summed E-state index contributed by atoms with van der Waals surface area (Å²) in [6.45, 7) is 1.81. The van der Waals surface area contributed by atoms with Gasteiger partial charge in [-0.05, 0) is 18.4 Å². The lowest BCUT2D eigenvalue weighted by atomic mass is 10.5. The van der Waals surface area contributed by atoms with Gasteiger partial charge in [0.2, 0.25) is 0 Å². The van der Waals surface area contributed by atoms with Crippen molar-refractivity contribution in [1.82, 2.24) is 4.90 Å². The number of nitrogens with one attached hydrogen (secondary N) is 1. The van der Waals surface area contributed by atoms with E-state index in [0.29, 0.717) is 12.2 Å². The molecule has 0 radical (unpaired) electrons. The number of carbonyl (C=O) groups excluding carboxylic acids is 1. The van der Waals surface area contributed by atoms with Crippen molar-refractivity contribution in [2.24, 2.45) is 0 Å². The molecule has 1 rings (SSSR count). The summed E-state index contributed by atoms with van der Waals surface area (Å²) in [7, 11) is 0. The Labute approximate surface area is 91.3 Å². The molecule has 2 amide bonds. The zero-order chi connectivity index (χ0) is 11.3. The molecular weight excluding hydrogens is 216 g/mol. The van der Waals surface area contributed by atoms with E-state index in [0.717, 1.165) is 0 Å². The topological polar surface area (TPSA) is 69.6 Å². The van der Waals surface area contributed by atoms with Gasteiger partial charge in [0.1, 0.15) is 6.54 Å². The predicted octanol–water partition coefficient (Wildman–Crippen LogP) is 1.69. The first-order valence-electron chi connectivity index (χ1n) is 4.43. The lowest BCUT2D eigenvalue weighted by molar-refractivity contribution is -0.137. The van der Waals surface area contributed by atoms with Gasteiger partial charge in [0.05, 0.1) is 5.69 Å². The second-order valence-electron chi connectivity index (χ2n) is 2.85. The number of hydrogen-bond acceptors (Lipinski definition) is 3. The van der Waals surface area contributed by atoms with E-state index >= 15 is 0 Å². The summed E-state index contributed by atoms with van der Waals surface area (Å²) >= 11 is 1.47. The van der Waals surface area contributed by atoms with Crippen LogP contribution in [-0.4, -0.2) is 35.1 Å². The summed E-state index contributed by atoms with van der Waals surface area (Å²) in [4.78, 5) is 23.2. The fourth-order valence-corrected chi connectivity index (χ4v) is 1.62. The van der Waals surface area contributed by atoms with E-state index < -0.39 is 12.0 Å². The fourth-order valence-electron chi connectivity index (χ4n) is 1.03. The molecule has 0 aromatic carbocycles. The minimum atomic E-state index is -1.02. The predicted molar refractivity (Wildman–Crippen MR) is 58.2 cm³/mol. The highest BCUT2D eigenvalue weighted by Gasteiger charge is 2.14. The van der Waals surface area contributed by atoms with Crippen molar-refractivity contribution in [1.29, 1.82) is 0 Å². The molecule has 0 saturated heterocycles. The molecule has 15 heavy (non-hydrogen) atoms. The minimum absolute atomic E-state index is 0.285. The highest BCUT2D eigenvalue weighted by atomic mass is 32.1. The summed E-state index contributed by atoms with van der Waals surface area (Å²) in [5, 5.41) is 14.8. The lowest BCUT2D eigenvalue weighted by Gasteiger charge is -2.18. The number of rotatable bonds is 4. The molecule has 1 heterocycles. The van der Waals surface area contributed by atoms with Crippen molar-refractivity contribution < 1.29 is 14.7 Å². The molecule has 0 aliphatic carbocycles. The van der Waals surface area contributed by atoms with Gasteiger partial charge in [-0.2, -0.15) is 11.3 Å². The maximum absolute atomic E-state index is 11.5. The standard InChI is InChI=1S/C9H12N2O3S/c1-2-11(5-8(12)13)9(14)10-7-3-4-15-6-7/h3-4,6H,2,5H2,1H3,(H,10,14)(H,12,13). The average Bonchev–Trinajstić information content (AvgIpc) is 2.66. The second-order valence-corrected chi connectivity index (χ2v) is 3.63. The second kappa shape index (κ2) is 5.35. The van der Waals surface area contributed by atoms with Gasteiger partial charge in [-0.15, -0.1) is 0 Å². The molecule has 0 saturated carbocycles. The third-order valence-electron chi connectivity index (χ3n) is 1.77. The highest BCUT2D eigenvalue weighted by Crippen LogP contribution is 2.12. The Morgan fingerprint density at radius 3 is 2.80 bits per heavy atom. The quantitative estimate of drug-likeness (QED) is 0.823. The molecule has 5 nitrogen and oxygen atoms in total. The first-order chi connectivity index (χ1) is 7.13. The molecule has 6 heteroatoms. The molecule has 1 aromatic heterocycles. The molecule has 0 atom stereocenters. The van der Waals surface area contributed by atoms with E-state index in [-0.39, 0.29) is 6.54 Å². The van der Waals surface area contributed by atoms with Crippen molar-refractivity contribution in [3.05, 3.63) is 16.8 Å². The number of likely N-dealkylation sites (N-methyl/N-ethyl adjacent to an activating group) is 1. The van der Waals surface area contributed by atoms with Gasteiger partial charge in [0, 0.05) is 11.9 Å². The molecule has 0 spiro atoms. The van der Waals surface area contributed by atoms with Gasteiger partial charge < -0.3 is 15.3 Å². The minimum Gasteiger partial charge on any atom is -0.480 e. The number of carboxylic acids is 1. The lowest BCUT2D eigenvalue weighted by Crippen LogP contribution is -2.38. The van der Waals surface area contributed by atoms with Crippen molar-refractivity contribution >= 4 is 29.0 Å². The van der Waals surface area contributed by atoms with Crippen LogP contribution < -0.4 is 5.32 Å². The van der Waals surface area contributed by atoms with Crippen molar-refractivity contribution in [2.75, 3.05) is 18.4 Å². The maximum Gasteiger partial charge on any atom is 0.323 e. The summed E-state index contributed by atoms with van der Waals surface area (Å²) in [5.74, 6) is -1.02. The largest absolute Gasteiger partial charge is 0.480 e. The summed E-state index contributed by atoms with van der Waals surface area (Å²) in [5.41, 5.74) is 0.689. The number of amides is 2. The molecule has 0 aliphatic rings. The number of carbonyl (C=O) groups is 2. The zero-order valence-electron chi connectivity index (χ0n) is 8.27. The van der Waals surface area contributed by atoms with Gasteiger partial charge >= 0.3 is 12.0 Å². The van der Waals surface area contributed by atoms with E-state index in [9.17, 15) is 9.59 Å². The van der Waals surface area contributed by atoms with Crippen LogP contribution in [0.3, 0.4) is 0 Å². The Kier molecular flexibility index (Phi) is 4.11. The number of nitrogens with zero attached hydrogens (tertiary/aromatic N) is 1. The number of hydrogen-bond donors (Lipinski definition) is 2. The summed E-state index contributed by atoms with van der Waals surface area (Å²) < 4.78 is 0. The van der Waals surface area contributed by atoms with Crippen molar-refractivity contribution in [3.8, 4) is 0 Å². The monoisotopic (exact) mass is 228 g/mol. The van der Waals surface area contributed by atoms with Gasteiger partial charge in [-0.1, -0.05) is 0 Å². The van der Waals surface area contributed by atoms with Crippen LogP contribution in [0.2, 0.25) is 0 Å². The molecule has 82 valence electrons. The van der Waals surface area contributed by atoms with Gasteiger partial charge in [0.25, 0.3) is 0 Å². The fraction of sp³-hybridized carbons (Fsp3) is 0.333. The van der Waals surface area contributed by atoms with Crippen LogP contribution in [0.1, 0.15) is 6.92 Å². The van der Waals surface area contributed by atoms with Gasteiger partial charge in [-0.25, -0.2) is 4.79 Å². The maximum atomic E-state index is 11.5. The van der Waals surface area contributed by atoms with Gasteiger partial charge in [-0.3, -0.25) is 4.79 Å². The number of anilines is 1. The van der Waals surface area contributed by atoms with Crippen LogP contribution in [-0.2, 0) is 4.79 Å². The molecule has 0 aliphatic heterocycles. The van der Waals surface area contributed by atoms with E-state index in [2.05, 4.69) is 5.32 Å². The van der Waals surface area contributed by atoms with Crippen LogP contribution in [0, 0.1) is 0 Å². The Bertz CT molecular complexity index is 337. The first-order valence-corrected chi connectivity index (χ1v) is 5.37. The Morgan fingerprint density at radius 1 is 1.60 bits per heavy atom. The third kappa shape index (κ3) is 3.59. The number of carboxylic acid groups (broad SMARTS) is 1. The van der Waals surface area contributed by atoms with Crippen LogP contribution in [0.25, 0.3) is 0 Å². The normalized spacial score (nSPS) is 9.67. The average molecular weight is 228 g/mol. The summed E-state index contributed by atoms with van der Waals surface area (Å²) in [6, 6.07) is 1.37. The first kappa shape index (κ1) is 11.5. The third-order valence-corrected chi connectivity index (χ3v) is 2.45. The Balaban J connectivity index is 2.54. The molecule has 0 bridgehead atoms. The molecule has 1 aromatic rings. The Morgan fingerprint density at radius 2 is 2.33 bits per heavy atom. The smallest absolute Gasteiger partial charge is 0.323 e. The number of aliphatic carboxylic acids is 1. The zero-order valence-corrected chi connectivity index (χ0v) is 9.08. The number of urea groups is 1. The molecule has 2 N–H and O–H groups in total. The summed E-state index contributed by atoms with van der Waals surface area (Å²) in [6.07, 6.45) is 0. The Hall–Kier alpha value is -1.56. The molecular formula is C9H12N2O3S. The van der Waals surface area contributed by atoms with Crippen LogP contribution in [0.5, 0.6) is 0 Å². The van der Waals surface area contributed by atoms with E-state index in [1.54, 1.807) is 18.4 Å². The molecule has 0 fully saturated rings. The SMILES string of the molecule is CCN(CC(=O)O)C(=O)Nc1ccsc1. The van der Waals surface area contributed by atoms with Crippen LogP contribution in [0.4, 0.5) is 10.5 Å². The van der Waals surface area contributed by atoms with E-state index in [1.807, 2.05) is 5.38 Å². The van der Waals surface area contributed by atoms with Crippen molar-refractivity contribution in [2.45, 2.75) is 6.92 Å². The van der Waals surface area contributed by atoms with Gasteiger partial charge in [0.15, 0.2) is 0 Å². The van der Waals surface area contributed by atoms with E-state index in [4.69, 9.17) is 5.11 Å². The molecule has 0 unspecified atom stereocenters. The highest BCUT2D eigenvalue weighted by molar-refractivity contribution is 7.08. The van der Waals surface area contributed by atoms with Crippen LogP contribution in [0.15, 0.2) is 16.8 Å². The van der Waals surface area contributed by atoms with Crippen molar-refractivity contribution in [3.63, 3.8) is 0 Å².